The average molecular weight is 357 g/mol. The first-order valence-electron chi connectivity index (χ1n) is 6.94. The second-order valence-corrected chi connectivity index (χ2v) is 5.57. The zero-order valence-electron chi connectivity index (χ0n) is 12.5. The smallest absolute Gasteiger partial charge is 0.422 e. The lowest BCUT2D eigenvalue weighted by Crippen LogP contribution is -2.19. The van der Waals surface area contributed by atoms with E-state index in [4.69, 9.17) is 11.6 Å². The van der Waals surface area contributed by atoms with Crippen molar-refractivity contribution in [2.24, 2.45) is 0 Å². The van der Waals surface area contributed by atoms with Crippen LogP contribution in [0.5, 0.6) is 5.88 Å². The van der Waals surface area contributed by atoms with Gasteiger partial charge in [-0.2, -0.15) is 18.3 Å². The monoisotopic (exact) mass is 356 g/mol. The minimum absolute atomic E-state index is 0.0635. The Bertz CT molecular complexity index is 879. The highest BCUT2D eigenvalue weighted by Crippen LogP contribution is 2.22. The molecule has 9 heteroatoms. The van der Waals surface area contributed by atoms with Crippen LogP contribution in [0.4, 0.5) is 13.2 Å². The number of aryl methyl sites for hydroxylation is 1. The Morgan fingerprint density at radius 1 is 1.29 bits per heavy atom. The van der Waals surface area contributed by atoms with Crippen molar-refractivity contribution in [2.45, 2.75) is 19.6 Å². The molecule has 0 fully saturated rings. The fourth-order valence-electron chi connectivity index (χ4n) is 2.18. The Labute approximate surface area is 140 Å². The summed E-state index contributed by atoms with van der Waals surface area (Å²) < 4.78 is 42.8. The summed E-state index contributed by atoms with van der Waals surface area (Å²) in [4.78, 5) is 7.90. The van der Waals surface area contributed by atoms with Crippen molar-refractivity contribution in [3.05, 3.63) is 47.0 Å². The van der Waals surface area contributed by atoms with Crippen LogP contribution < -0.4 is 4.74 Å². The third-order valence-corrected chi connectivity index (χ3v) is 3.64. The molecule has 0 radical (unpaired) electrons. The lowest BCUT2D eigenvalue weighted by Gasteiger charge is -2.11. The predicted molar refractivity (Wildman–Crippen MR) is 82.2 cm³/mol. The maximum Gasteiger partial charge on any atom is 0.422 e. The lowest BCUT2D eigenvalue weighted by atomic mass is 10.1. The van der Waals surface area contributed by atoms with Gasteiger partial charge >= 0.3 is 6.18 Å². The van der Waals surface area contributed by atoms with E-state index in [1.165, 1.54) is 12.3 Å². The molecule has 0 saturated heterocycles. The molecule has 0 amide bonds. The molecule has 126 valence electrons. The number of aromatic nitrogens is 4. The molecular formula is C15H12ClF3N4O. The fourth-order valence-corrected chi connectivity index (χ4v) is 2.38. The minimum atomic E-state index is -4.39. The van der Waals surface area contributed by atoms with Gasteiger partial charge in [0.05, 0.1) is 17.4 Å². The number of fused-ring (bicyclic) bond motifs is 1. The van der Waals surface area contributed by atoms with Crippen LogP contribution in [0.25, 0.3) is 10.9 Å². The number of hydrogen-bond acceptors (Lipinski definition) is 4. The standard InChI is InChI=1S/C15H12ClF3N4O/c1-9-4-13(24-8-15(17,18)19)21-5-10(9)6-23-7-11-12(22-23)2-3-20-14(11)16/h2-5,7H,6,8H2,1H3. The largest absolute Gasteiger partial charge is 0.468 e. The Kier molecular flexibility index (Phi) is 4.31. The first-order valence-corrected chi connectivity index (χ1v) is 7.32. The van der Waals surface area contributed by atoms with Gasteiger partial charge in [-0.05, 0) is 24.1 Å². The molecule has 0 spiro atoms. The highest BCUT2D eigenvalue weighted by Gasteiger charge is 2.28. The summed E-state index contributed by atoms with van der Waals surface area (Å²) in [7, 11) is 0. The lowest BCUT2D eigenvalue weighted by molar-refractivity contribution is -0.154. The van der Waals surface area contributed by atoms with Gasteiger partial charge in [-0.1, -0.05) is 11.6 Å². The first kappa shape index (κ1) is 16.5. The molecule has 3 aromatic heterocycles. The average Bonchev–Trinajstić information content (AvgIpc) is 2.91. The van der Waals surface area contributed by atoms with Gasteiger partial charge in [0, 0.05) is 24.7 Å². The summed E-state index contributed by atoms with van der Waals surface area (Å²) in [5, 5.41) is 5.48. The number of rotatable bonds is 4. The van der Waals surface area contributed by atoms with Crippen LogP contribution >= 0.6 is 11.6 Å². The molecule has 24 heavy (non-hydrogen) atoms. The molecule has 0 aliphatic carbocycles. The molecule has 0 aromatic carbocycles. The van der Waals surface area contributed by atoms with Crippen LogP contribution in [0.2, 0.25) is 5.15 Å². The maximum absolute atomic E-state index is 12.2. The van der Waals surface area contributed by atoms with Gasteiger partial charge in [-0.3, -0.25) is 4.68 Å². The molecule has 3 aromatic rings. The highest BCUT2D eigenvalue weighted by molar-refractivity contribution is 6.34. The summed E-state index contributed by atoms with van der Waals surface area (Å²) >= 11 is 6.01. The molecular weight excluding hydrogens is 345 g/mol. The molecule has 0 aliphatic heterocycles. The van der Waals surface area contributed by atoms with E-state index in [0.29, 0.717) is 17.2 Å². The first-order chi connectivity index (χ1) is 11.3. The summed E-state index contributed by atoms with van der Waals surface area (Å²) in [6.07, 6.45) is 0.420. The number of pyridine rings is 2. The van der Waals surface area contributed by atoms with E-state index in [1.54, 1.807) is 30.1 Å². The van der Waals surface area contributed by atoms with E-state index in [0.717, 1.165) is 16.5 Å². The fraction of sp³-hybridized carbons (Fsp3) is 0.267. The molecule has 0 N–H and O–H groups in total. The summed E-state index contributed by atoms with van der Waals surface area (Å²) in [6.45, 7) is 0.813. The molecule has 0 unspecified atom stereocenters. The van der Waals surface area contributed by atoms with Crippen molar-refractivity contribution in [3.63, 3.8) is 0 Å². The van der Waals surface area contributed by atoms with E-state index in [2.05, 4.69) is 19.8 Å². The Morgan fingerprint density at radius 3 is 2.75 bits per heavy atom. The van der Waals surface area contributed by atoms with Crippen molar-refractivity contribution >= 4 is 22.5 Å². The number of nitrogens with zero attached hydrogens (tertiary/aromatic N) is 4. The molecule has 0 saturated carbocycles. The number of ether oxygens (including phenoxy) is 1. The number of alkyl halides is 3. The third-order valence-electron chi connectivity index (χ3n) is 3.34. The molecule has 5 nitrogen and oxygen atoms in total. The maximum atomic E-state index is 12.2. The van der Waals surface area contributed by atoms with Gasteiger partial charge in [-0.25, -0.2) is 9.97 Å². The quantitative estimate of drug-likeness (QED) is 0.668. The molecule has 3 rings (SSSR count). The van der Waals surface area contributed by atoms with Gasteiger partial charge < -0.3 is 4.74 Å². The van der Waals surface area contributed by atoms with Gasteiger partial charge in [0.15, 0.2) is 6.61 Å². The van der Waals surface area contributed by atoms with Crippen LogP contribution in [-0.4, -0.2) is 32.5 Å². The Morgan fingerprint density at radius 2 is 2.08 bits per heavy atom. The highest BCUT2D eigenvalue weighted by atomic mass is 35.5. The number of halogens is 4. The van der Waals surface area contributed by atoms with E-state index < -0.39 is 12.8 Å². The van der Waals surface area contributed by atoms with Gasteiger partial charge in [0.25, 0.3) is 0 Å². The molecule has 0 bridgehead atoms. The van der Waals surface area contributed by atoms with E-state index in [9.17, 15) is 13.2 Å². The van der Waals surface area contributed by atoms with Crippen LogP contribution in [0.3, 0.4) is 0 Å². The summed E-state index contributed by atoms with van der Waals surface area (Å²) in [6, 6.07) is 3.22. The molecule has 0 atom stereocenters. The SMILES string of the molecule is Cc1cc(OCC(F)(F)F)ncc1Cn1cc2c(Cl)nccc2n1. The predicted octanol–water partition coefficient (Wildman–Crippen LogP) is 3.78. The van der Waals surface area contributed by atoms with E-state index >= 15 is 0 Å². The van der Waals surface area contributed by atoms with Crippen LogP contribution in [0.1, 0.15) is 11.1 Å². The summed E-state index contributed by atoms with van der Waals surface area (Å²) in [5.41, 5.74) is 2.28. The number of hydrogen-bond donors (Lipinski definition) is 0. The topological polar surface area (TPSA) is 52.8 Å². The normalized spacial score (nSPS) is 11.9. The van der Waals surface area contributed by atoms with Crippen molar-refractivity contribution in [2.75, 3.05) is 6.61 Å². The second kappa shape index (κ2) is 6.27. The van der Waals surface area contributed by atoms with Gasteiger partial charge in [-0.15, -0.1) is 0 Å². The van der Waals surface area contributed by atoms with E-state index in [1.807, 2.05) is 0 Å². The van der Waals surface area contributed by atoms with Crippen LogP contribution in [0.15, 0.2) is 30.7 Å². The zero-order valence-corrected chi connectivity index (χ0v) is 13.3. The van der Waals surface area contributed by atoms with Crippen molar-refractivity contribution in [1.29, 1.82) is 0 Å². The Balaban J connectivity index is 1.78. The van der Waals surface area contributed by atoms with Crippen LogP contribution in [0, 0.1) is 6.92 Å². The minimum Gasteiger partial charge on any atom is -0.468 e. The van der Waals surface area contributed by atoms with Crippen molar-refractivity contribution in [3.8, 4) is 5.88 Å². The molecule has 0 aliphatic rings. The molecule has 3 heterocycles. The second-order valence-electron chi connectivity index (χ2n) is 5.21. The van der Waals surface area contributed by atoms with Crippen molar-refractivity contribution in [1.82, 2.24) is 19.7 Å². The Hall–Kier alpha value is -2.35. The van der Waals surface area contributed by atoms with E-state index in [-0.39, 0.29) is 5.88 Å². The van der Waals surface area contributed by atoms with Gasteiger partial charge in [0.2, 0.25) is 5.88 Å². The summed E-state index contributed by atoms with van der Waals surface area (Å²) in [5.74, 6) is -0.0635. The van der Waals surface area contributed by atoms with Gasteiger partial charge in [0.1, 0.15) is 5.15 Å². The third kappa shape index (κ3) is 3.76. The van der Waals surface area contributed by atoms with Crippen molar-refractivity contribution < 1.29 is 17.9 Å². The van der Waals surface area contributed by atoms with Crippen LogP contribution in [-0.2, 0) is 6.54 Å². The zero-order chi connectivity index (χ0) is 17.3.